The van der Waals surface area contributed by atoms with Crippen molar-refractivity contribution in [1.82, 2.24) is 14.8 Å². The van der Waals surface area contributed by atoms with Crippen LogP contribution in [0.25, 0.3) is 0 Å². The molecule has 6 nitrogen and oxygen atoms in total. The fourth-order valence-electron chi connectivity index (χ4n) is 3.35. The fourth-order valence-corrected chi connectivity index (χ4v) is 5.04. The number of hydrogen-bond donors (Lipinski definition) is 0. The standard InChI is InChI=1S/C16H27N3O3S/c1-12(2)3-4-15-17-16(13-5-8-22-9-6-13)18-19(15)14-7-10-23(20,21)11-14/h12-14H,3-11H2,1-2H3/t14-/m0/s1. The first-order valence-corrected chi connectivity index (χ1v) is 10.5. The first kappa shape index (κ1) is 16.9. The van der Waals surface area contributed by atoms with Gasteiger partial charge in [-0.25, -0.2) is 18.1 Å². The maximum Gasteiger partial charge on any atom is 0.154 e. The SMILES string of the molecule is CC(C)CCc1nc(C2CCOCC2)nn1[C@H]1CCS(=O)(=O)C1. The minimum Gasteiger partial charge on any atom is -0.381 e. The van der Waals surface area contributed by atoms with Gasteiger partial charge in [0.15, 0.2) is 15.7 Å². The third kappa shape index (κ3) is 4.12. The Morgan fingerprint density at radius 3 is 2.61 bits per heavy atom. The van der Waals surface area contributed by atoms with E-state index in [4.69, 9.17) is 14.8 Å². The van der Waals surface area contributed by atoms with Crippen LogP contribution in [0.5, 0.6) is 0 Å². The highest BCUT2D eigenvalue weighted by atomic mass is 32.2. The van der Waals surface area contributed by atoms with E-state index < -0.39 is 9.84 Å². The highest BCUT2D eigenvalue weighted by Gasteiger charge is 2.32. The molecule has 3 heterocycles. The molecule has 7 heteroatoms. The predicted molar refractivity (Wildman–Crippen MR) is 88.3 cm³/mol. The van der Waals surface area contributed by atoms with Gasteiger partial charge in [0.25, 0.3) is 0 Å². The third-order valence-corrected chi connectivity index (χ3v) is 6.55. The van der Waals surface area contributed by atoms with Crippen molar-refractivity contribution in [3.8, 4) is 0 Å². The summed E-state index contributed by atoms with van der Waals surface area (Å²) in [6.07, 6.45) is 4.48. The minimum absolute atomic E-state index is 0.0387. The van der Waals surface area contributed by atoms with Gasteiger partial charge in [-0.1, -0.05) is 13.8 Å². The molecule has 0 amide bonds. The van der Waals surface area contributed by atoms with E-state index in [1.807, 2.05) is 4.68 Å². The van der Waals surface area contributed by atoms with Gasteiger partial charge in [-0.05, 0) is 31.6 Å². The molecule has 2 aliphatic heterocycles. The summed E-state index contributed by atoms with van der Waals surface area (Å²) < 4.78 is 31.0. The van der Waals surface area contributed by atoms with Crippen molar-refractivity contribution < 1.29 is 13.2 Å². The Labute approximate surface area is 138 Å². The lowest BCUT2D eigenvalue weighted by molar-refractivity contribution is 0.0835. The van der Waals surface area contributed by atoms with Crippen LogP contribution >= 0.6 is 0 Å². The number of aromatic nitrogens is 3. The highest BCUT2D eigenvalue weighted by molar-refractivity contribution is 7.91. The molecule has 2 saturated heterocycles. The first-order chi connectivity index (χ1) is 10.9. The number of aryl methyl sites for hydroxylation is 1. The van der Waals surface area contributed by atoms with Crippen LogP contribution in [0.3, 0.4) is 0 Å². The van der Waals surface area contributed by atoms with Gasteiger partial charge < -0.3 is 4.74 Å². The zero-order chi connectivity index (χ0) is 16.4. The molecule has 1 atom stereocenters. The summed E-state index contributed by atoms with van der Waals surface area (Å²) in [6, 6.07) is -0.0387. The number of sulfone groups is 1. The summed E-state index contributed by atoms with van der Waals surface area (Å²) in [4.78, 5) is 4.80. The van der Waals surface area contributed by atoms with Crippen LogP contribution in [0.15, 0.2) is 0 Å². The predicted octanol–water partition coefficient (Wildman–Crippen LogP) is 2.12. The van der Waals surface area contributed by atoms with Crippen molar-refractivity contribution in [2.24, 2.45) is 5.92 Å². The van der Waals surface area contributed by atoms with Gasteiger partial charge in [-0.2, -0.15) is 5.10 Å². The van der Waals surface area contributed by atoms with Gasteiger partial charge in [0.1, 0.15) is 5.82 Å². The molecule has 0 spiro atoms. The van der Waals surface area contributed by atoms with E-state index in [1.54, 1.807) is 0 Å². The van der Waals surface area contributed by atoms with E-state index in [0.29, 0.717) is 18.3 Å². The summed E-state index contributed by atoms with van der Waals surface area (Å²) in [5, 5.41) is 4.74. The maximum absolute atomic E-state index is 11.8. The Morgan fingerprint density at radius 2 is 2.00 bits per heavy atom. The molecule has 0 unspecified atom stereocenters. The summed E-state index contributed by atoms with van der Waals surface area (Å²) in [5.74, 6) is 3.27. The monoisotopic (exact) mass is 341 g/mol. The molecule has 0 bridgehead atoms. The first-order valence-electron chi connectivity index (χ1n) is 8.68. The molecule has 130 valence electrons. The van der Waals surface area contributed by atoms with E-state index in [9.17, 15) is 8.42 Å². The Morgan fingerprint density at radius 1 is 1.26 bits per heavy atom. The van der Waals surface area contributed by atoms with Gasteiger partial charge in [0.05, 0.1) is 17.5 Å². The van der Waals surface area contributed by atoms with Gasteiger partial charge in [-0.15, -0.1) is 0 Å². The van der Waals surface area contributed by atoms with Crippen LogP contribution in [0, 0.1) is 5.92 Å². The molecule has 0 N–H and O–H groups in total. The van der Waals surface area contributed by atoms with E-state index >= 15 is 0 Å². The zero-order valence-corrected chi connectivity index (χ0v) is 14.9. The second-order valence-corrected chi connectivity index (χ2v) is 9.44. The third-order valence-electron chi connectivity index (χ3n) is 4.80. The van der Waals surface area contributed by atoms with Crippen molar-refractivity contribution in [3.05, 3.63) is 11.6 Å². The second kappa shape index (κ2) is 6.89. The van der Waals surface area contributed by atoms with Crippen molar-refractivity contribution in [1.29, 1.82) is 0 Å². The fraction of sp³-hybridized carbons (Fsp3) is 0.875. The molecular weight excluding hydrogens is 314 g/mol. The number of ether oxygens (including phenoxy) is 1. The summed E-state index contributed by atoms with van der Waals surface area (Å²) in [6.45, 7) is 5.91. The number of nitrogens with zero attached hydrogens (tertiary/aromatic N) is 3. The number of hydrogen-bond acceptors (Lipinski definition) is 5. The van der Waals surface area contributed by atoms with Gasteiger partial charge in [-0.3, -0.25) is 0 Å². The van der Waals surface area contributed by atoms with Crippen LogP contribution < -0.4 is 0 Å². The zero-order valence-electron chi connectivity index (χ0n) is 14.1. The summed E-state index contributed by atoms with van der Waals surface area (Å²) >= 11 is 0. The van der Waals surface area contributed by atoms with Gasteiger partial charge in [0, 0.05) is 25.6 Å². The van der Waals surface area contributed by atoms with E-state index in [2.05, 4.69) is 13.8 Å². The quantitative estimate of drug-likeness (QED) is 0.820. The molecule has 1 aromatic rings. The Bertz CT molecular complexity index is 633. The Kier molecular flexibility index (Phi) is 5.06. The van der Waals surface area contributed by atoms with Crippen LogP contribution in [-0.4, -0.2) is 47.9 Å². The van der Waals surface area contributed by atoms with Gasteiger partial charge in [0.2, 0.25) is 0 Å². The number of rotatable bonds is 5. The lowest BCUT2D eigenvalue weighted by Gasteiger charge is -2.19. The largest absolute Gasteiger partial charge is 0.381 e. The molecule has 0 aliphatic carbocycles. The lowest BCUT2D eigenvalue weighted by Crippen LogP contribution is -2.17. The molecule has 2 aliphatic rings. The average Bonchev–Trinajstić information content (AvgIpc) is 3.09. The van der Waals surface area contributed by atoms with E-state index in [-0.39, 0.29) is 17.5 Å². The molecule has 0 saturated carbocycles. The van der Waals surface area contributed by atoms with E-state index in [0.717, 1.165) is 50.5 Å². The van der Waals surface area contributed by atoms with Crippen molar-refractivity contribution >= 4 is 9.84 Å². The van der Waals surface area contributed by atoms with E-state index in [1.165, 1.54) is 0 Å². The Hall–Kier alpha value is -0.950. The van der Waals surface area contributed by atoms with Crippen molar-refractivity contribution in [3.63, 3.8) is 0 Å². The highest BCUT2D eigenvalue weighted by Crippen LogP contribution is 2.29. The summed E-state index contributed by atoms with van der Waals surface area (Å²) in [7, 11) is -2.92. The molecule has 23 heavy (non-hydrogen) atoms. The molecule has 3 rings (SSSR count). The molecule has 1 aromatic heterocycles. The van der Waals surface area contributed by atoms with Crippen LogP contribution in [0.4, 0.5) is 0 Å². The lowest BCUT2D eigenvalue weighted by atomic mass is 10.00. The van der Waals surface area contributed by atoms with Gasteiger partial charge >= 0.3 is 0 Å². The molecule has 0 aromatic carbocycles. The van der Waals surface area contributed by atoms with Crippen molar-refractivity contribution in [2.45, 2.75) is 57.9 Å². The Balaban J connectivity index is 1.84. The van der Waals surface area contributed by atoms with Crippen LogP contribution in [0.1, 0.15) is 63.1 Å². The van der Waals surface area contributed by atoms with Crippen molar-refractivity contribution in [2.75, 3.05) is 24.7 Å². The summed E-state index contributed by atoms with van der Waals surface area (Å²) in [5.41, 5.74) is 0. The van der Waals surface area contributed by atoms with Crippen LogP contribution in [-0.2, 0) is 21.0 Å². The molecular formula is C16H27N3O3S. The minimum atomic E-state index is -2.92. The normalized spacial score (nSPS) is 25.3. The van der Waals surface area contributed by atoms with Crippen LogP contribution in [0.2, 0.25) is 0 Å². The topological polar surface area (TPSA) is 74.1 Å². The molecule has 0 radical (unpaired) electrons. The second-order valence-electron chi connectivity index (χ2n) is 7.21. The molecule has 2 fully saturated rings. The average molecular weight is 341 g/mol. The smallest absolute Gasteiger partial charge is 0.154 e. The maximum atomic E-state index is 11.8.